The standard InChI is InChI=1S/C27H39NO5/c1-26-11-10-23-27(2,18-32-25(33-23)16-19-6-4-3-5-7-19)22(26)9-8-21(29)20(26)17-24(30)28-12-14-31-15-13-28/h3-7,20-23,25,29H,8-18H2,1-2H3/t20-,21-,22-,23+,25-,26+,27+/m1/s1. The van der Waals surface area contributed by atoms with E-state index in [1.807, 2.05) is 11.0 Å². The van der Waals surface area contributed by atoms with Gasteiger partial charge < -0.3 is 24.2 Å². The molecule has 4 aliphatic rings. The van der Waals surface area contributed by atoms with Gasteiger partial charge in [0.25, 0.3) is 0 Å². The molecular weight excluding hydrogens is 418 g/mol. The van der Waals surface area contributed by atoms with Crippen molar-refractivity contribution in [2.45, 2.75) is 70.9 Å². The molecule has 1 N–H and O–H groups in total. The van der Waals surface area contributed by atoms with Gasteiger partial charge in [-0.3, -0.25) is 4.79 Å². The number of hydrogen-bond donors (Lipinski definition) is 1. The van der Waals surface area contributed by atoms with E-state index >= 15 is 0 Å². The van der Waals surface area contributed by atoms with Gasteiger partial charge in [-0.05, 0) is 48.5 Å². The van der Waals surface area contributed by atoms with Crippen molar-refractivity contribution in [3.05, 3.63) is 35.9 Å². The molecule has 6 heteroatoms. The quantitative estimate of drug-likeness (QED) is 0.751. The van der Waals surface area contributed by atoms with Crippen LogP contribution in [0.3, 0.4) is 0 Å². The number of amides is 1. The van der Waals surface area contributed by atoms with Crippen molar-refractivity contribution in [1.82, 2.24) is 4.90 Å². The average molecular weight is 458 g/mol. The average Bonchev–Trinajstić information content (AvgIpc) is 2.83. The van der Waals surface area contributed by atoms with Crippen LogP contribution in [0.1, 0.15) is 51.5 Å². The van der Waals surface area contributed by atoms with Crippen LogP contribution in [0.15, 0.2) is 30.3 Å². The summed E-state index contributed by atoms with van der Waals surface area (Å²) in [6.07, 6.45) is 4.36. The minimum Gasteiger partial charge on any atom is -0.393 e. The number of nitrogens with zero attached hydrogens (tertiary/aromatic N) is 1. The molecule has 182 valence electrons. The second kappa shape index (κ2) is 9.29. The van der Waals surface area contributed by atoms with E-state index in [-0.39, 0.29) is 35.0 Å². The molecule has 7 atom stereocenters. The van der Waals surface area contributed by atoms with Crippen LogP contribution in [0.5, 0.6) is 0 Å². The van der Waals surface area contributed by atoms with Gasteiger partial charge in [0.05, 0.1) is 32.0 Å². The Morgan fingerprint density at radius 2 is 1.85 bits per heavy atom. The number of ether oxygens (including phenoxy) is 3. The largest absolute Gasteiger partial charge is 0.393 e. The van der Waals surface area contributed by atoms with Gasteiger partial charge in [0, 0.05) is 31.3 Å². The molecule has 1 aromatic carbocycles. The normalized spacial score (nSPS) is 41.2. The highest BCUT2D eigenvalue weighted by Gasteiger charge is 2.61. The lowest BCUT2D eigenvalue weighted by Gasteiger charge is -2.63. The number of benzene rings is 1. The molecule has 2 saturated heterocycles. The Morgan fingerprint density at radius 3 is 2.61 bits per heavy atom. The predicted molar refractivity (Wildman–Crippen MR) is 124 cm³/mol. The highest BCUT2D eigenvalue weighted by Crippen LogP contribution is 2.62. The van der Waals surface area contributed by atoms with Crippen LogP contribution < -0.4 is 0 Å². The third kappa shape index (κ3) is 4.36. The zero-order chi connectivity index (χ0) is 23.1. The molecule has 0 spiro atoms. The summed E-state index contributed by atoms with van der Waals surface area (Å²) in [6, 6.07) is 10.4. The van der Waals surface area contributed by atoms with Gasteiger partial charge >= 0.3 is 0 Å². The Bertz CT molecular complexity index is 827. The number of aliphatic hydroxyl groups excluding tert-OH is 1. The number of hydrogen-bond acceptors (Lipinski definition) is 5. The molecule has 1 amide bonds. The minimum atomic E-state index is -0.423. The van der Waals surface area contributed by atoms with Gasteiger partial charge in [0.15, 0.2) is 6.29 Å². The summed E-state index contributed by atoms with van der Waals surface area (Å²) < 4.78 is 18.3. The van der Waals surface area contributed by atoms with Gasteiger partial charge in [-0.25, -0.2) is 0 Å². The van der Waals surface area contributed by atoms with Crippen LogP contribution in [0.2, 0.25) is 0 Å². The fourth-order valence-electron chi connectivity index (χ4n) is 7.33. The maximum absolute atomic E-state index is 13.1. The summed E-state index contributed by atoms with van der Waals surface area (Å²) in [6.45, 7) is 7.84. The fourth-order valence-corrected chi connectivity index (χ4v) is 7.33. The van der Waals surface area contributed by atoms with E-state index in [0.717, 1.165) is 32.1 Å². The minimum absolute atomic E-state index is 0.0218. The van der Waals surface area contributed by atoms with Crippen LogP contribution >= 0.6 is 0 Å². The van der Waals surface area contributed by atoms with Crippen molar-refractivity contribution in [2.24, 2.45) is 22.7 Å². The maximum atomic E-state index is 13.1. The first kappa shape index (κ1) is 23.3. The Balaban J connectivity index is 1.30. The van der Waals surface area contributed by atoms with E-state index in [2.05, 4.69) is 38.1 Å². The van der Waals surface area contributed by atoms with Crippen molar-refractivity contribution in [3.8, 4) is 0 Å². The number of morpholine rings is 1. The van der Waals surface area contributed by atoms with Crippen molar-refractivity contribution in [3.63, 3.8) is 0 Å². The highest BCUT2D eigenvalue weighted by molar-refractivity contribution is 5.76. The fraction of sp³-hybridized carbons (Fsp3) is 0.741. The van der Waals surface area contributed by atoms with E-state index in [0.29, 0.717) is 45.2 Å². The van der Waals surface area contributed by atoms with E-state index in [1.54, 1.807) is 0 Å². The zero-order valence-corrected chi connectivity index (χ0v) is 20.1. The molecule has 0 bridgehead atoms. The van der Waals surface area contributed by atoms with E-state index in [9.17, 15) is 9.90 Å². The smallest absolute Gasteiger partial charge is 0.223 e. The van der Waals surface area contributed by atoms with Crippen LogP contribution in [0.4, 0.5) is 0 Å². The van der Waals surface area contributed by atoms with Crippen molar-refractivity contribution >= 4 is 5.91 Å². The molecule has 1 aromatic rings. The molecule has 2 aliphatic carbocycles. The molecule has 0 unspecified atom stereocenters. The highest BCUT2D eigenvalue weighted by atomic mass is 16.7. The summed E-state index contributed by atoms with van der Waals surface area (Å²) >= 11 is 0. The number of rotatable bonds is 4. The third-order valence-electron chi connectivity index (χ3n) is 9.24. The lowest BCUT2D eigenvalue weighted by Crippen LogP contribution is -2.63. The van der Waals surface area contributed by atoms with E-state index < -0.39 is 6.10 Å². The Kier molecular flexibility index (Phi) is 6.55. The Morgan fingerprint density at radius 1 is 1.09 bits per heavy atom. The Hall–Kier alpha value is -1.47. The first-order chi connectivity index (χ1) is 15.9. The topological polar surface area (TPSA) is 68.2 Å². The molecule has 2 saturated carbocycles. The first-order valence-electron chi connectivity index (χ1n) is 12.7. The second-order valence-corrected chi connectivity index (χ2v) is 11.1. The van der Waals surface area contributed by atoms with Gasteiger partial charge in [0.2, 0.25) is 5.91 Å². The van der Waals surface area contributed by atoms with Crippen LogP contribution in [-0.4, -0.2) is 67.3 Å². The first-order valence-corrected chi connectivity index (χ1v) is 12.7. The van der Waals surface area contributed by atoms with Crippen molar-refractivity contribution < 1.29 is 24.1 Å². The zero-order valence-electron chi connectivity index (χ0n) is 20.1. The molecule has 4 fully saturated rings. The number of fused-ring (bicyclic) bond motifs is 3. The van der Waals surface area contributed by atoms with Gasteiger partial charge in [-0.2, -0.15) is 0 Å². The lowest BCUT2D eigenvalue weighted by molar-refractivity contribution is -0.308. The van der Waals surface area contributed by atoms with Crippen molar-refractivity contribution in [2.75, 3.05) is 32.9 Å². The summed E-state index contributed by atoms with van der Waals surface area (Å²) in [5, 5.41) is 11.0. The molecular formula is C27H39NO5. The predicted octanol–water partition coefficient (Wildman–Crippen LogP) is 3.41. The molecule has 2 heterocycles. The van der Waals surface area contributed by atoms with Crippen LogP contribution in [0, 0.1) is 22.7 Å². The molecule has 2 aliphatic heterocycles. The van der Waals surface area contributed by atoms with Gasteiger partial charge in [0.1, 0.15) is 0 Å². The summed E-state index contributed by atoms with van der Waals surface area (Å²) in [7, 11) is 0. The molecule has 33 heavy (non-hydrogen) atoms. The van der Waals surface area contributed by atoms with E-state index in [4.69, 9.17) is 14.2 Å². The third-order valence-corrected chi connectivity index (χ3v) is 9.24. The molecule has 0 aromatic heterocycles. The van der Waals surface area contributed by atoms with Crippen LogP contribution in [-0.2, 0) is 25.4 Å². The van der Waals surface area contributed by atoms with E-state index in [1.165, 1.54) is 5.56 Å². The van der Waals surface area contributed by atoms with Gasteiger partial charge in [-0.1, -0.05) is 44.2 Å². The maximum Gasteiger partial charge on any atom is 0.223 e. The number of aliphatic hydroxyl groups is 1. The monoisotopic (exact) mass is 457 g/mol. The Labute approximate surface area is 197 Å². The number of carbonyl (C=O) groups is 1. The van der Waals surface area contributed by atoms with Gasteiger partial charge in [-0.15, -0.1) is 0 Å². The van der Waals surface area contributed by atoms with Crippen LogP contribution in [0.25, 0.3) is 0 Å². The molecule has 6 nitrogen and oxygen atoms in total. The SMILES string of the molecule is C[C@@]12CO[C@@H](Cc3ccccc3)O[C@H]1CC[C@]1(C)[C@H]2CC[C@@H](O)[C@H]1CC(=O)N1CCOCC1. The number of carbonyl (C=O) groups excluding carboxylic acids is 1. The summed E-state index contributed by atoms with van der Waals surface area (Å²) in [4.78, 5) is 15.0. The summed E-state index contributed by atoms with van der Waals surface area (Å²) in [5.41, 5.74) is 1.04. The summed E-state index contributed by atoms with van der Waals surface area (Å²) in [5.74, 6) is 0.509. The molecule has 5 rings (SSSR count). The molecule has 0 radical (unpaired) electrons. The lowest BCUT2D eigenvalue weighted by atomic mass is 9.46. The second-order valence-electron chi connectivity index (χ2n) is 11.1. The van der Waals surface area contributed by atoms with Crippen molar-refractivity contribution in [1.29, 1.82) is 0 Å².